The predicted molar refractivity (Wildman–Crippen MR) is 110 cm³/mol. The van der Waals surface area contributed by atoms with Crippen molar-refractivity contribution in [1.82, 2.24) is 15.1 Å². The van der Waals surface area contributed by atoms with E-state index in [0.717, 1.165) is 44.3 Å². The van der Waals surface area contributed by atoms with Crippen LogP contribution in [0.2, 0.25) is 0 Å². The van der Waals surface area contributed by atoms with Gasteiger partial charge in [0.05, 0.1) is 5.69 Å². The van der Waals surface area contributed by atoms with Crippen LogP contribution < -0.4 is 15.8 Å². The lowest BCUT2D eigenvalue weighted by molar-refractivity contribution is -0.122. The molecule has 2 aliphatic rings. The molecule has 148 valence electrons. The Morgan fingerprint density at radius 1 is 0.964 bits per heavy atom. The summed E-state index contributed by atoms with van der Waals surface area (Å²) in [6, 6.07) is 11.8. The molecule has 1 aromatic heterocycles. The molecule has 0 bridgehead atoms. The van der Waals surface area contributed by atoms with E-state index in [1.54, 1.807) is 6.07 Å². The van der Waals surface area contributed by atoms with Crippen LogP contribution >= 0.6 is 0 Å². The van der Waals surface area contributed by atoms with Crippen molar-refractivity contribution in [3.8, 4) is 11.3 Å². The summed E-state index contributed by atoms with van der Waals surface area (Å²) < 4.78 is 1.26. The highest BCUT2D eigenvalue weighted by Crippen LogP contribution is 2.23. The third-order valence-corrected chi connectivity index (χ3v) is 5.76. The third-order valence-electron chi connectivity index (χ3n) is 5.76. The Morgan fingerprint density at radius 2 is 1.68 bits per heavy atom. The second-order valence-electron chi connectivity index (χ2n) is 7.86. The highest BCUT2D eigenvalue weighted by atomic mass is 16.2. The van der Waals surface area contributed by atoms with Gasteiger partial charge < -0.3 is 10.2 Å². The quantitative estimate of drug-likeness (QED) is 0.866. The van der Waals surface area contributed by atoms with E-state index in [-0.39, 0.29) is 24.1 Å². The van der Waals surface area contributed by atoms with Gasteiger partial charge in [-0.3, -0.25) is 9.59 Å². The number of carbonyl (C=O) groups excluding carboxylic acids is 1. The zero-order valence-electron chi connectivity index (χ0n) is 16.3. The molecular weight excluding hydrogens is 352 g/mol. The zero-order chi connectivity index (χ0) is 19.3. The van der Waals surface area contributed by atoms with Crippen molar-refractivity contribution < 1.29 is 4.79 Å². The number of hydrogen-bond donors (Lipinski definition) is 1. The van der Waals surface area contributed by atoms with Gasteiger partial charge >= 0.3 is 0 Å². The van der Waals surface area contributed by atoms with E-state index in [1.165, 1.54) is 35.7 Å². The minimum absolute atomic E-state index is 0.0327. The van der Waals surface area contributed by atoms with Crippen LogP contribution in [0.1, 0.15) is 44.9 Å². The first-order valence-corrected chi connectivity index (χ1v) is 10.4. The van der Waals surface area contributed by atoms with Crippen molar-refractivity contribution >= 4 is 11.6 Å². The molecule has 1 N–H and O–H groups in total. The maximum atomic E-state index is 12.3. The van der Waals surface area contributed by atoms with Crippen LogP contribution in [0.4, 0.5) is 5.69 Å². The molecular formula is C22H28N4O2. The van der Waals surface area contributed by atoms with Crippen molar-refractivity contribution in [2.45, 2.75) is 57.5 Å². The van der Waals surface area contributed by atoms with Crippen LogP contribution in [-0.2, 0) is 11.3 Å². The lowest BCUT2D eigenvalue weighted by Gasteiger charge is -2.28. The van der Waals surface area contributed by atoms with Gasteiger partial charge in [0.15, 0.2) is 0 Å². The third kappa shape index (κ3) is 4.43. The number of hydrogen-bond acceptors (Lipinski definition) is 4. The molecule has 1 aromatic carbocycles. The van der Waals surface area contributed by atoms with E-state index in [1.807, 2.05) is 12.1 Å². The monoisotopic (exact) mass is 380 g/mol. The largest absolute Gasteiger partial charge is 0.372 e. The van der Waals surface area contributed by atoms with E-state index in [9.17, 15) is 9.59 Å². The Bertz CT molecular complexity index is 863. The summed E-state index contributed by atoms with van der Waals surface area (Å²) in [6.45, 7) is 2.19. The first-order valence-electron chi connectivity index (χ1n) is 10.4. The minimum Gasteiger partial charge on any atom is -0.372 e. The van der Waals surface area contributed by atoms with Crippen molar-refractivity contribution in [3.63, 3.8) is 0 Å². The molecule has 0 radical (unpaired) electrons. The minimum atomic E-state index is -0.254. The van der Waals surface area contributed by atoms with E-state index >= 15 is 0 Å². The summed E-state index contributed by atoms with van der Waals surface area (Å²) in [6.07, 6.45) is 8.18. The fourth-order valence-electron chi connectivity index (χ4n) is 4.19. The van der Waals surface area contributed by atoms with E-state index in [0.29, 0.717) is 5.69 Å². The fraction of sp³-hybridized carbons (Fsp3) is 0.500. The molecule has 1 saturated carbocycles. The number of piperidine rings is 1. The molecule has 1 aliphatic heterocycles. The Balaban J connectivity index is 1.46. The molecule has 0 atom stereocenters. The van der Waals surface area contributed by atoms with Gasteiger partial charge in [-0.1, -0.05) is 25.0 Å². The average molecular weight is 380 g/mol. The summed E-state index contributed by atoms with van der Waals surface area (Å²) >= 11 is 0. The number of rotatable bonds is 5. The van der Waals surface area contributed by atoms with Crippen LogP contribution in [0, 0.1) is 0 Å². The maximum absolute atomic E-state index is 12.3. The molecule has 6 heteroatoms. The van der Waals surface area contributed by atoms with Crippen molar-refractivity contribution in [2.75, 3.05) is 18.0 Å². The molecule has 4 rings (SSSR count). The molecule has 2 aromatic rings. The molecule has 2 fully saturated rings. The van der Waals surface area contributed by atoms with Gasteiger partial charge in [-0.15, -0.1) is 0 Å². The van der Waals surface area contributed by atoms with Crippen molar-refractivity contribution in [3.05, 3.63) is 46.8 Å². The molecule has 1 amide bonds. The first-order chi connectivity index (χ1) is 13.7. The van der Waals surface area contributed by atoms with Crippen LogP contribution in [0.25, 0.3) is 11.3 Å². The number of carbonyl (C=O) groups is 1. The van der Waals surface area contributed by atoms with Gasteiger partial charge in [-0.05, 0) is 50.3 Å². The van der Waals surface area contributed by atoms with Gasteiger partial charge in [0.1, 0.15) is 6.54 Å². The zero-order valence-corrected chi connectivity index (χ0v) is 16.3. The van der Waals surface area contributed by atoms with Crippen LogP contribution in [-0.4, -0.2) is 34.8 Å². The lowest BCUT2D eigenvalue weighted by Crippen LogP contribution is -2.38. The first kappa shape index (κ1) is 18.7. The number of anilines is 1. The number of nitrogens with one attached hydrogen (secondary N) is 1. The average Bonchev–Trinajstić information content (AvgIpc) is 3.23. The number of amides is 1. The summed E-state index contributed by atoms with van der Waals surface area (Å²) in [5.41, 5.74) is 2.63. The number of aromatic nitrogens is 2. The molecule has 2 heterocycles. The van der Waals surface area contributed by atoms with E-state index in [2.05, 4.69) is 27.4 Å². The van der Waals surface area contributed by atoms with Gasteiger partial charge in [0.2, 0.25) is 5.91 Å². The van der Waals surface area contributed by atoms with Crippen molar-refractivity contribution in [1.29, 1.82) is 0 Å². The topological polar surface area (TPSA) is 67.2 Å². The molecule has 1 aliphatic carbocycles. The Labute approximate surface area is 165 Å². The molecule has 1 saturated heterocycles. The van der Waals surface area contributed by atoms with Gasteiger partial charge in [0, 0.05) is 36.4 Å². The summed E-state index contributed by atoms with van der Waals surface area (Å²) in [5, 5.41) is 7.44. The Kier molecular flexibility index (Phi) is 5.74. The Hall–Kier alpha value is -2.63. The highest BCUT2D eigenvalue weighted by Gasteiger charge is 2.18. The smallest absolute Gasteiger partial charge is 0.267 e. The second kappa shape index (κ2) is 8.59. The summed E-state index contributed by atoms with van der Waals surface area (Å²) in [5.74, 6) is -0.140. The number of benzene rings is 1. The molecule has 0 spiro atoms. The van der Waals surface area contributed by atoms with Crippen molar-refractivity contribution in [2.24, 2.45) is 0 Å². The maximum Gasteiger partial charge on any atom is 0.267 e. The van der Waals surface area contributed by atoms with Gasteiger partial charge in [0.25, 0.3) is 5.56 Å². The number of nitrogens with zero attached hydrogens (tertiary/aromatic N) is 3. The normalized spacial score (nSPS) is 17.6. The second-order valence-corrected chi connectivity index (χ2v) is 7.86. The van der Waals surface area contributed by atoms with Gasteiger partial charge in [-0.25, -0.2) is 4.68 Å². The molecule has 6 nitrogen and oxygen atoms in total. The SMILES string of the molecule is O=C(Cn1nc(-c2ccc(N3CCCCC3)cc2)ccc1=O)NC1CCCC1. The molecule has 0 unspecified atom stereocenters. The predicted octanol–water partition coefficient (Wildman–Crippen LogP) is 2.96. The summed E-state index contributed by atoms with van der Waals surface area (Å²) in [4.78, 5) is 26.8. The standard InChI is InChI=1S/C22H28N4O2/c27-21(23-18-6-2-3-7-18)16-26-22(28)13-12-20(24-26)17-8-10-19(11-9-17)25-14-4-1-5-15-25/h8-13,18H,1-7,14-16H2,(H,23,27). The lowest BCUT2D eigenvalue weighted by atomic mass is 10.1. The Morgan fingerprint density at radius 3 is 2.39 bits per heavy atom. The van der Waals surface area contributed by atoms with Gasteiger partial charge in [-0.2, -0.15) is 5.10 Å². The highest BCUT2D eigenvalue weighted by molar-refractivity contribution is 5.76. The van der Waals surface area contributed by atoms with Crippen LogP contribution in [0.15, 0.2) is 41.2 Å². The fourth-order valence-corrected chi connectivity index (χ4v) is 4.19. The van der Waals surface area contributed by atoms with Crippen LogP contribution in [0.5, 0.6) is 0 Å². The van der Waals surface area contributed by atoms with E-state index < -0.39 is 0 Å². The van der Waals surface area contributed by atoms with E-state index in [4.69, 9.17) is 0 Å². The van der Waals surface area contributed by atoms with Crippen LogP contribution in [0.3, 0.4) is 0 Å². The summed E-state index contributed by atoms with van der Waals surface area (Å²) in [7, 11) is 0. The molecule has 28 heavy (non-hydrogen) atoms.